The molecule has 0 radical (unpaired) electrons. The van der Waals surface area contributed by atoms with Crippen molar-refractivity contribution in [3.8, 4) is 11.5 Å². The lowest BCUT2D eigenvalue weighted by Gasteiger charge is -2.26. The van der Waals surface area contributed by atoms with Crippen molar-refractivity contribution < 1.29 is 14.0 Å². The first-order chi connectivity index (χ1) is 13.2. The lowest BCUT2D eigenvalue weighted by atomic mass is 10.0. The average Bonchev–Trinajstić information content (AvgIpc) is 3.03. The molecule has 3 aromatic rings. The molecule has 140 valence electrons. The normalized spacial score (nSPS) is 15.9. The summed E-state index contributed by atoms with van der Waals surface area (Å²) in [5.74, 6) is 2.64. The third kappa shape index (κ3) is 3.98. The zero-order valence-electron chi connectivity index (χ0n) is 15.7. The minimum atomic E-state index is 0.324. The number of para-hydroxylation sites is 1. The molecule has 1 aliphatic rings. The van der Waals surface area contributed by atoms with Crippen LogP contribution < -0.4 is 14.8 Å². The summed E-state index contributed by atoms with van der Waals surface area (Å²) >= 11 is 0. The first-order valence-electron chi connectivity index (χ1n) is 9.29. The van der Waals surface area contributed by atoms with Crippen LogP contribution in [-0.2, 0) is 13.2 Å². The van der Waals surface area contributed by atoms with Crippen LogP contribution in [0, 0.1) is 13.8 Å². The van der Waals surface area contributed by atoms with E-state index in [-0.39, 0.29) is 0 Å². The summed E-state index contributed by atoms with van der Waals surface area (Å²) < 4.78 is 16.8. The van der Waals surface area contributed by atoms with E-state index < -0.39 is 0 Å². The molecule has 1 aliphatic heterocycles. The smallest absolute Gasteiger partial charge is 0.140 e. The van der Waals surface area contributed by atoms with E-state index in [0.717, 1.165) is 48.1 Å². The second-order valence-electron chi connectivity index (χ2n) is 6.84. The SMILES string of the molecule is Cc1noc(C)c1COc1ccc(CNC2CCOc3ccccc32)cc1. The number of aryl methyl sites for hydroxylation is 2. The van der Waals surface area contributed by atoms with Crippen molar-refractivity contribution >= 4 is 0 Å². The van der Waals surface area contributed by atoms with Gasteiger partial charge in [-0.3, -0.25) is 0 Å². The van der Waals surface area contributed by atoms with Crippen molar-refractivity contribution in [2.75, 3.05) is 6.61 Å². The Morgan fingerprint density at radius 2 is 1.93 bits per heavy atom. The molecular weight excluding hydrogens is 340 g/mol. The van der Waals surface area contributed by atoms with Crippen LogP contribution >= 0.6 is 0 Å². The minimum Gasteiger partial charge on any atom is -0.493 e. The fraction of sp³-hybridized carbons (Fsp3) is 0.318. The van der Waals surface area contributed by atoms with E-state index in [2.05, 4.69) is 34.7 Å². The number of nitrogens with zero attached hydrogens (tertiary/aromatic N) is 1. The van der Waals surface area contributed by atoms with Gasteiger partial charge in [-0.25, -0.2) is 0 Å². The van der Waals surface area contributed by atoms with Gasteiger partial charge in [0.05, 0.1) is 17.9 Å². The maximum atomic E-state index is 5.87. The van der Waals surface area contributed by atoms with Crippen LogP contribution in [-0.4, -0.2) is 11.8 Å². The van der Waals surface area contributed by atoms with Gasteiger partial charge in [0.1, 0.15) is 23.9 Å². The van der Waals surface area contributed by atoms with Gasteiger partial charge in [0.15, 0.2) is 0 Å². The monoisotopic (exact) mass is 364 g/mol. The number of hydrogen-bond acceptors (Lipinski definition) is 5. The van der Waals surface area contributed by atoms with Crippen molar-refractivity contribution in [1.29, 1.82) is 0 Å². The van der Waals surface area contributed by atoms with Gasteiger partial charge < -0.3 is 19.3 Å². The van der Waals surface area contributed by atoms with Crippen LogP contribution in [0.3, 0.4) is 0 Å². The Morgan fingerprint density at radius 3 is 2.70 bits per heavy atom. The van der Waals surface area contributed by atoms with E-state index >= 15 is 0 Å². The molecule has 0 aliphatic carbocycles. The molecule has 1 atom stereocenters. The summed E-state index contributed by atoms with van der Waals surface area (Å²) in [7, 11) is 0. The fourth-order valence-corrected chi connectivity index (χ4v) is 3.36. The first-order valence-corrected chi connectivity index (χ1v) is 9.29. The fourth-order valence-electron chi connectivity index (χ4n) is 3.36. The summed E-state index contributed by atoms with van der Waals surface area (Å²) in [5, 5.41) is 7.60. The van der Waals surface area contributed by atoms with E-state index in [4.69, 9.17) is 14.0 Å². The number of rotatable bonds is 6. The molecule has 0 saturated heterocycles. The lowest BCUT2D eigenvalue weighted by molar-refractivity contribution is 0.252. The van der Waals surface area contributed by atoms with E-state index in [0.29, 0.717) is 12.6 Å². The van der Waals surface area contributed by atoms with Gasteiger partial charge in [-0.15, -0.1) is 0 Å². The van der Waals surface area contributed by atoms with Gasteiger partial charge in [0, 0.05) is 24.6 Å². The second-order valence-corrected chi connectivity index (χ2v) is 6.84. The molecular formula is C22H24N2O3. The molecule has 27 heavy (non-hydrogen) atoms. The molecule has 0 bridgehead atoms. The third-order valence-electron chi connectivity index (χ3n) is 5.00. The predicted molar refractivity (Wildman–Crippen MR) is 103 cm³/mol. The van der Waals surface area contributed by atoms with Gasteiger partial charge in [0.25, 0.3) is 0 Å². The Labute approximate surface area is 159 Å². The maximum absolute atomic E-state index is 5.87. The van der Waals surface area contributed by atoms with E-state index in [1.807, 2.05) is 38.1 Å². The number of hydrogen-bond donors (Lipinski definition) is 1. The third-order valence-corrected chi connectivity index (χ3v) is 5.00. The topological polar surface area (TPSA) is 56.5 Å². The van der Waals surface area contributed by atoms with Gasteiger partial charge in [0.2, 0.25) is 0 Å². The Bertz CT molecular complexity index is 883. The van der Waals surface area contributed by atoms with Crippen molar-refractivity contribution in [2.45, 2.75) is 39.5 Å². The molecule has 0 spiro atoms. The zero-order chi connectivity index (χ0) is 18.6. The van der Waals surface area contributed by atoms with Gasteiger partial charge >= 0.3 is 0 Å². The average molecular weight is 364 g/mol. The standard InChI is InChI=1S/C22H24N2O3/c1-15-20(16(2)27-24-15)14-26-18-9-7-17(8-10-18)13-23-21-11-12-25-22-6-4-3-5-19(21)22/h3-10,21,23H,11-14H2,1-2H3. The maximum Gasteiger partial charge on any atom is 0.140 e. The second kappa shape index (κ2) is 7.84. The molecule has 1 N–H and O–H groups in total. The van der Waals surface area contributed by atoms with Gasteiger partial charge in [-0.2, -0.15) is 0 Å². The van der Waals surface area contributed by atoms with Gasteiger partial charge in [-0.1, -0.05) is 35.5 Å². The summed E-state index contributed by atoms with van der Waals surface area (Å²) in [5.41, 5.74) is 4.36. The Kier molecular flexibility index (Phi) is 5.12. The Balaban J connectivity index is 1.34. The quantitative estimate of drug-likeness (QED) is 0.699. The molecule has 5 nitrogen and oxygen atoms in total. The number of fused-ring (bicyclic) bond motifs is 1. The highest BCUT2D eigenvalue weighted by Crippen LogP contribution is 2.31. The Hall–Kier alpha value is -2.79. The molecule has 0 fully saturated rings. The van der Waals surface area contributed by atoms with Crippen LogP contribution in [0.5, 0.6) is 11.5 Å². The summed E-state index contributed by atoms with van der Waals surface area (Å²) in [6.45, 7) is 5.87. The van der Waals surface area contributed by atoms with E-state index in [9.17, 15) is 0 Å². The number of benzene rings is 2. The van der Waals surface area contributed by atoms with E-state index in [1.54, 1.807) is 0 Å². The van der Waals surface area contributed by atoms with Crippen molar-refractivity contribution in [3.63, 3.8) is 0 Å². The van der Waals surface area contributed by atoms with Crippen molar-refractivity contribution in [2.24, 2.45) is 0 Å². The molecule has 0 amide bonds. The van der Waals surface area contributed by atoms with Crippen molar-refractivity contribution in [1.82, 2.24) is 10.5 Å². The molecule has 4 rings (SSSR count). The van der Waals surface area contributed by atoms with E-state index in [1.165, 1.54) is 11.1 Å². The number of aromatic nitrogens is 1. The highest BCUT2D eigenvalue weighted by molar-refractivity contribution is 5.37. The highest BCUT2D eigenvalue weighted by Gasteiger charge is 2.20. The molecule has 2 heterocycles. The predicted octanol–water partition coefficient (Wildman–Crippen LogP) is 4.48. The number of ether oxygens (including phenoxy) is 2. The molecule has 1 unspecified atom stereocenters. The van der Waals surface area contributed by atoms with Crippen LogP contribution in [0.4, 0.5) is 0 Å². The van der Waals surface area contributed by atoms with Gasteiger partial charge in [-0.05, 0) is 37.6 Å². The van der Waals surface area contributed by atoms with Crippen LogP contribution in [0.2, 0.25) is 0 Å². The summed E-state index contributed by atoms with van der Waals surface area (Å²) in [6, 6.07) is 16.8. The van der Waals surface area contributed by atoms with Crippen molar-refractivity contribution in [3.05, 3.63) is 76.7 Å². The lowest BCUT2D eigenvalue weighted by Crippen LogP contribution is -2.26. The van der Waals surface area contributed by atoms with Crippen LogP contribution in [0.1, 0.15) is 40.6 Å². The molecule has 0 saturated carbocycles. The molecule has 1 aromatic heterocycles. The molecule has 2 aromatic carbocycles. The van der Waals surface area contributed by atoms with Crippen LogP contribution in [0.25, 0.3) is 0 Å². The minimum absolute atomic E-state index is 0.324. The first kappa shape index (κ1) is 17.6. The largest absolute Gasteiger partial charge is 0.493 e. The number of nitrogens with one attached hydrogen (secondary N) is 1. The Morgan fingerprint density at radius 1 is 1.11 bits per heavy atom. The zero-order valence-corrected chi connectivity index (χ0v) is 15.7. The molecule has 5 heteroatoms. The highest BCUT2D eigenvalue weighted by atomic mass is 16.5. The summed E-state index contributed by atoms with van der Waals surface area (Å²) in [6.07, 6.45) is 0.982. The van der Waals surface area contributed by atoms with Crippen LogP contribution in [0.15, 0.2) is 53.1 Å². The summed E-state index contributed by atoms with van der Waals surface area (Å²) in [4.78, 5) is 0.